The molecular formula is C15H17ClN2O. The highest BCUT2D eigenvalue weighted by Gasteiger charge is 2.19. The Morgan fingerprint density at radius 3 is 2.37 bits per heavy atom. The van der Waals surface area contributed by atoms with Gasteiger partial charge >= 0.3 is 0 Å². The first-order valence-electron chi connectivity index (χ1n) is 6.24. The Labute approximate surface area is 118 Å². The summed E-state index contributed by atoms with van der Waals surface area (Å²) in [6.45, 7) is 4.14. The minimum Gasteiger partial charge on any atom is -0.373 e. The zero-order valence-electron chi connectivity index (χ0n) is 11.3. The van der Waals surface area contributed by atoms with Gasteiger partial charge in [-0.1, -0.05) is 55.8 Å². The van der Waals surface area contributed by atoms with Gasteiger partial charge in [0.05, 0.1) is 5.69 Å². The highest BCUT2D eigenvalue weighted by atomic mass is 35.5. The molecule has 0 aliphatic heterocycles. The smallest absolute Gasteiger partial charge is 0.159 e. The Kier molecular flexibility index (Phi) is 4.51. The molecule has 1 heterocycles. The van der Waals surface area contributed by atoms with Gasteiger partial charge in [0, 0.05) is 18.7 Å². The zero-order valence-corrected chi connectivity index (χ0v) is 12.1. The van der Waals surface area contributed by atoms with E-state index in [1.54, 1.807) is 13.2 Å². The number of rotatable bonds is 4. The van der Waals surface area contributed by atoms with E-state index in [4.69, 9.17) is 16.3 Å². The molecule has 100 valence electrons. The molecule has 0 radical (unpaired) electrons. The van der Waals surface area contributed by atoms with E-state index in [9.17, 15) is 0 Å². The van der Waals surface area contributed by atoms with E-state index in [1.165, 1.54) is 0 Å². The average molecular weight is 277 g/mol. The highest BCUT2D eigenvalue weighted by molar-refractivity contribution is 6.29. The molecule has 1 aromatic carbocycles. The average Bonchev–Trinajstić information content (AvgIpc) is 2.39. The number of hydrogen-bond donors (Lipinski definition) is 0. The minimum absolute atomic E-state index is 0.152. The molecule has 2 rings (SSSR count). The monoisotopic (exact) mass is 276 g/mol. The maximum Gasteiger partial charge on any atom is 0.159 e. The van der Waals surface area contributed by atoms with Crippen LogP contribution in [0.3, 0.4) is 0 Å². The van der Waals surface area contributed by atoms with Crippen molar-refractivity contribution in [2.75, 3.05) is 7.11 Å². The SMILES string of the molecule is COC(c1nc(Cl)cc(-c2ccccc2)n1)C(C)C. The Morgan fingerprint density at radius 1 is 1.11 bits per heavy atom. The second-order valence-corrected chi connectivity index (χ2v) is 5.09. The summed E-state index contributed by atoms with van der Waals surface area (Å²) in [5.74, 6) is 0.913. The van der Waals surface area contributed by atoms with Crippen molar-refractivity contribution in [2.45, 2.75) is 20.0 Å². The lowest BCUT2D eigenvalue weighted by Crippen LogP contribution is -2.13. The Hall–Kier alpha value is -1.45. The molecule has 4 heteroatoms. The fourth-order valence-electron chi connectivity index (χ4n) is 1.99. The molecule has 3 nitrogen and oxygen atoms in total. The van der Waals surface area contributed by atoms with Gasteiger partial charge in [0.15, 0.2) is 5.82 Å². The summed E-state index contributed by atoms with van der Waals surface area (Å²) < 4.78 is 5.46. The molecule has 1 unspecified atom stereocenters. The number of ether oxygens (including phenoxy) is 1. The Morgan fingerprint density at radius 2 is 1.79 bits per heavy atom. The second-order valence-electron chi connectivity index (χ2n) is 4.70. The van der Waals surface area contributed by atoms with Crippen molar-refractivity contribution in [1.82, 2.24) is 9.97 Å². The molecule has 0 aliphatic rings. The third-order valence-electron chi connectivity index (χ3n) is 2.90. The fourth-order valence-corrected chi connectivity index (χ4v) is 2.18. The number of aromatic nitrogens is 2. The third-order valence-corrected chi connectivity index (χ3v) is 3.09. The normalized spacial score (nSPS) is 12.7. The van der Waals surface area contributed by atoms with Crippen LogP contribution in [0.15, 0.2) is 36.4 Å². The zero-order chi connectivity index (χ0) is 13.8. The van der Waals surface area contributed by atoms with Gasteiger partial charge < -0.3 is 4.74 Å². The molecular weight excluding hydrogens is 260 g/mol. The molecule has 0 fully saturated rings. The van der Waals surface area contributed by atoms with Crippen molar-refractivity contribution in [3.63, 3.8) is 0 Å². The summed E-state index contributed by atoms with van der Waals surface area (Å²) >= 11 is 6.10. The van der Waals surface area contributed by atoms with E-state index < -0.39 is 0 Å². The fraction of sp³-hybridized carbons (Fsp3) is 0.333. The number of methoxy groups -OCH3 is 1. The van der Waals surface area contributed by atoms with Gasteiger partial charge in [0.1, 0.15) is 11.3 Å². The first-order valence-corrected chi connectivity index (χ1v) is 6.62. The molecule has 0 N–H and O–H groups in total. The maximum atomic E-state index is 6.10. The topological polar surface area (TPSA) is 35.0 Å². The summed E-state index contributed by atoms with van der Waals surface area (Å²) in [5, 5.41) is 0.437. The van der Waals surface area contributed by atoms with Crippen LogP contribution >= 0.6 is 11.6 Å². The molecule has 0 saturated carbocycles. The molecule has 0 spiro atoms. The van der Waals surface area contributed by atoms with Gasteiger partial charge in [-0.25, -0.2) is 9.97 Å². The lowest BCUT2D eigenvalue weighted by molar-refractivity contribution is 0.0575. The molecule has 0 saturated heterocycles. The lowest BCUT2D eigenvalue weighted by Gasteiger charge is -2.18. The van der Waals surface area contributed by atoms with Crippen molar-refractivity contribution in [3.05, 3.63) is 47.4 Å². The predicted molar refractivity (Wildman–Crippen MR) is 77.1 cm³/mol. The molecule has 1 aromatic heterocycles. The van der Waals surface area contributed by atoms with Crippen molar-refractivity contribution < 1.29 is 4.74 Å². The van der Waals surface area contributed by atoms with E-state index in [-0.39, 0.29) is 12.0 Å². The number of nitrogens with zero attached hydrogens (tertiary/aromatic N) is 2. The third kappa shape index (κ3) is 3.31. The van der Waals surface area contributed by atoms with Gasteiger partial charge in [-0.3, -0.25) is 0 Å². The first kappa shape index (κ1) is 14.0. The molecule has 2 aromatic rings. The molecule has 19 heavy (non-hydrogen) atoms. The summed E-state index contributed by atoms with van der Waals surface area (Å²) in [6, 6.07) is 11.7. The van der Waals surface area contributed by atoms with Crippen LogP contribution in [0.1, 0.15) is 25.8 Å². The van der Waals surface area contributed by atoms with Gasteiger partial charge in [-0.2, -0.15) is 0 Å². The van der Waals surface area contributed by atoms with Gasteiger partial charge in [0.25, 0.3) is 0 Å². The summed E-state index contributed by atoms with van der Waals surface area (Å²) in [5.41, 5.74) is 1.84. The van der Waals surface area contributed by atoms with Crippen LogP contribution in [-0.4, -0.2) is 17.1 Å². The van der Waals surface area contributed by atoms with Crippen molar-refractivity contribution in [1.29, 1.82) is 0 Å². The largest absolute Gasteiger partial charge is 0.373 e. The van der Waals surface area contributed by atoms with E-state index in [0.717, 1.165) is 11.3 Å². The quantitative estimate of drug-likeness (QED) is 0.787. The van der Waals surface area contributed by atoms with Crippen LogP contribution < -0.4 is 0 Å². The van der Waals surface area contributed by atoms with E-state index >= 15 is 0 Å². The van der Waals surface area contributed by atoms with Crippen LogP contribution in [-0.2, 0) is 4.74 Å². The number of benzene rings is 1. The first-order chi connectivity index (χ1) is 9.11. The van der Waals surface area contributed by atoms with E-state index in [0.29, 0.717) is 11.0 Å². The number of halogens is 1. The summed E-state index contributed by atoms with van der Waals surface area (Å²) in [6.07, 6.45) is -0.152. The van der Waals surface area contributed by atoms with E-state index in [1.807, 2.05) is 30.3 Å². The predicted octanol–water partition coefficient (Wildman–Crippen LogP) is 4.14. The maximum absolute atomic E-state index is 6.10. The van der Waals surface area contributed by atoms with Crippen molar-refractivity contribution in [2.24, 2.45) is 5.92 Å². The minimum atomic E-state index is -0.152. The van der Waals surface area contributed by atoms with Crippen LogP contribution in [0, 0.1) is 5.92 Å². The van der Waals surface area contributed by atoms with E-state index in [2.05, 4.69) is 23.8 Å². The van der Waals surface area contributed by atoms with Crippen LogP contribution in [0.5, 0.6) is 0 Å². The lowest BCUT2D eigenvalue weighted by atomic mass is 10.1. The highest BCUT2D eigenvalue weighted by Crippen LogP contribution is 2.26. The second kappa shape index (κ2) is 6.13. The van der Waals surface area contributed by atoms with Crippen molar-refractivity contribution in [3.8, 4) is 11.3 Å². The molecule has 1 atom stereocenters. The molecule has 0 aliphatic carbocycles. The summed E-state index contributed by atoms with van der Waals surface area (Å²) in [4.78, 5) is 8.86. The van der Waals surface area contributed by atoms with Crippen molar-refractivity contribution >= 4 is 11.6 Å². The van der Waals surface area contributed by atoms with Gasteiger partial charge in [-0.05, 0) is 5.92 Å². The molecule has 0 bridgehead atoms. The Bertz CT molecular complexity index is 543. The summed E-state index contributed by atoms with van der Waals surface area (Å²) in [7, 11) is 1.66. The van der Waals surface area contributed by atoms with Gasteiger partial charge in [-0.15, -0.1) is 0 Å². The molecule has 0 amide bonds. The van der Waals surface area contributed by atoms with Gasteiger partial charge in [0.2, 0.25) is 0 Å². The van der Waals surface area contributed by atoms with Crippen LogP contribution in [0.2, 0.25) is 5.15 Å². The Balaban J connectivity index is 2.45. The number of hydrogen-bond acceptors (Lipinski definition) is 3. The van der Waals surface area contributed by atoms with Crippen LogP contribution in [0.25, 0.3) is 11.3 Å². The van der Waals surface area contributed by atoms with Crippen LogP contribution in [0.4, 0.5) is 0 Å². The standard InChI is InChI=1S/C15H17ClN2O/c1-10(2)14(19-3)15-17-12(9-13(16)18-15)11-7-5-4-6-8-11/h4-10,14H,1-3H3.